The number of rotatable bonds is 3. The molecule has 0 spiro atoms. The van der Waals surface area contributed by atoms with E-state index in [2.05, 4.69) is 10.6 Å². The second-order valence-electron chi connectivity index (χ2n) is 4.92. The Balaban J connectivity index is 1.90. The molecule has 2 amide bonds. The third-order valence-electron chi connectivity index (χ3n) is 3.45. The van der Waals surface area contributed by atoms with Crippen LogP contribution in [-0.2, 0) is 4.79 Å². The van der Waals surface area contributed by atoms with E-state index in [0.29, 0.717) is 30.0 Å². The smallest absolute Gasteiger partial charge is 0.275 e. The lowest BCUT2D eigenvalue weighted by molar-refractivity contribution is -0.129. The molecule has 0 saturated carbocycles. The van der Waals surface area contributed by atoms with E-state index in [9.17, 15) is 9.59 Å². The Labute approximate surface area is 121 Å². The van der Waals surface area contributed by atoms with Crippen LogP contribution in [0.25, 0.3) is 11.3 Å². The van der Waals surface area contributed by atoms with Gasteiger partial charge in [0.2, 0.25) is 5.91 Å². The van der Waals surface area contributed by atoms with Crippen LogP contribution in [0.1, 0.15) is 29.0 Å². The highest BCUT2D eigenvalue weighted by molar-refractivity contribution is 6.01. The summed E-state index contributed by atoms with van der Waals surface area (Å²) in [6.07, 6.45) is 1.22. The molecule has 0 radical (unpaired) electrons. The molecule has 0 unspecified atom stereocenters. The zero-order chi connectivity index (χ0) is 14.8. The number of hydrogen-bond acceptors (Lipinski definition) is 4. The van der Waals surface area contributed by atoms with Gasteiger partial charge in [0.15, 0.2) is 0 Å². The van der Waals surface area contributed by atoms with Crippen molar-refractivity contribution in [1.82, 2.24) is 15.6 Å². The van der Waals surface area contributed by atoms with Gasteiger partial charge in [-0.1, -0.05) is 35.5 Å². The SMILES string of the molecule is Cc1onc(-c2ccccc2)c1C(=O)NN1CCCC1=O. The predicted octanol–water partition coefficient (Wildman–Crippen LogP) is 1.92. The van der Waals surface area contributed by atoms with Crippen LogP contribution in [0, 0.1) is 6.92 Å². The van der Waals surface area contributed by atoms with Crippen LogP contribution in [0.5, 0.6) is 0 Å². The first kappa shape index (κ1) is 13.4. The van der Waals surface area contributed by atoms with Gasteiger partial charge in [-0.25, -0.2) is 0 Å². The molecule has 0 atom stereocenters. The Morgan fingerprint density at radius 2 is 2.10 bits per heavy atom. The molecule has 3 rings (SSSR count). The van der Waals surface area contributed by atoms with Gasteiger partial charge in [-0.15, -0.1) is 0 Å². The minimum Gasteiger partial charge on any atom is -0.360 e. The van der Waals surface area contributed by atoms with Crippen LogP contribution >= 0.6 is 0 Å². The van der Waals surface area contributed by atoms with Gasteiger partial charge in [0.05, 0.1) is 0 Å². The number of benzene rings is 1. The molecule has 108 valence electrons. The third-order valence-corrected chi connectivity index (χ3v) is 3.45. The standard InChI is InChI=1S/C15H15N3O3/c1-10-13(15(20)16-18-9-5-8-12(18)19)14(17-21-10)11-6-3-2-4-7-11/h2-4,6-7H,5,8-9H2,1H3,(H,16,20). The van der Waals surface area contributed by atoms with E-state index in [0.717, 1.165) is 12.0 Å². The molecule has 1 fully saturated rings. The minimum absolute atomic E-state index is 0.0706. The van der Waals surface area contributed by atoms with Crippen LogP contribution in [0.15, 0.2) is 34.9 Å². The molecule has 0 bridgehead atoms. The summed E-state index contributed by atoms with van der Waals surface area (Å²) in [6.45, 7) is 2.22. The van der Waals surface area contributed by atoms with Crippen LogP contribution in [0.3, 0.4) is 0 Å². The van der Waals surface area contributed by atoms with Gasteiger partial charge in [-0.05, 0) is 13.3 Å². The summed E-state index contributed by atoms with van der Waals surface area (Å²) in [5, 5.41) is 5.31. The van der Waals surface area contributed by atoms with Gasteiger partial charge in [-0.2, -0.15) is 0 Å². The summed E-state index contributed by atoms with van der Waals surface area (Å²) in [7, 11) is 0. The number of carbonyl (C=O) groups is 2. The zero-order valence-corrected chi connectivity index (χ0v) is 11.6. The molecular weight excluding hydrogens is 270 g/mol. The maximum atomic E-state index is 12.4. The number of amides is 2. The van der Waals surface area contributed by atoms with Gasteiger partial charge < -0.3 is 4.52 Å². The molecule has 2 aromatic rings. The molecule has 1 aliphatic rings. The normalized spacial score (nSPS) is 14.5. The lowest BCUT2D eigenvalue weighted by Gasteiger charge is -2.16. The van der Waals surface area contributed by atoms with Crippen molar-refractivity contribution in [3.63, 3.8) is 0 Å². The number of hydrazine groups is 1. The first-order valence-corrected chi connectivity index (χ1v) is 6.80. The molecule has 1 aromatic heterocycles. The fourth-order valence-electron chi connectivity index (χ4n) is 2.38. The van der Waals surface area contributed by atoms with Crippen molar-refractivity contribution in [3.8, 4) is 11.3 Å². The van der Waals surface area contributed by atoms with Crippen LogP contribution in [0.4, 0.5) is 0 Å². The van der Waals surface area contributed by atoms with Crippen LogP contribution in [0.2, 0.25) is 0 Å². The van der Waals surface area contributed by atoms with E-state index in [1.54, 1.807) is 6.92 Å². The summed E-state index contributed by atoms with van der Waals surface area (Å²) in [4.78, 5) is 24.0. The quantitative estimate of drug-likeness (QED) is 0.934. The van der Waals surface area contributed by atoms with E-state index in [4.69, 9.17) is 4.52 Å². The molecule has 2 heterocycles. The lowest BCUT2D eigenvalue weighted by atomic mass is 10.1. The number of aryl methyl sites for hydroxylation is 1. The fourth-order valence-corrected chi connectivity index (χ4v) is 2.38. The number of nitrogens with zero attached hydrogens (tertiary/aromatic N) is 2. The van der Waals surface area contributed by atoms with E-state index in [-0.39, 0.29) is 11.8 Å². The van der Waals surface area contributed by atoms with E-state index in [1.807, 2.05) is 30.3 Å². The third kappa shape index (κ3) is 2.52. The molecule has 0 aliphatic carbocycles. The van der Waals surface area contributed by atoms with Gasteiger partial charge in [0.25, 0.3) is 5.91 Å². The summed E-state index contributed by atoms with van der Waals surface area (Å²) >= 11 is 0. The van der Waals surface area contributed by atoms with Crippen molar-refractivity contribution in [2.24, 2.45) is 0 Å². The van der Waals surface area contributed by atoms with Crippen molar-refractivity contribution in [2.75, 3.05) is 6.54 Å². The maximum absolute atomic E-state index is 12.4. The van der Waals surface area contributed by atoms with Crippen LogP contribution in [-0.4, -0.2) is 28.5 Å². The molecular formula is C15H15N3O3. The van der Waals surface area contributed by atoms with Gasteiger partial charge in [0, 0.05) is 18.5 Å². The maximum Gasteiger partial charge on any atom is 0.275 e. The Morgan fingerprint density at radius 1 is 1.33 bits per heavy atom. The molecule has 1 aliphatic heterocycles. The molecule has 6 nitrogen and oxygen atoms in total. The average molecular weight is 285 g/mol. The Kier molecular flexibility index (Phi) is 3.43. The summed E-state index contributed by atoms with van der Waals surface area (Å²) < 4.78 is 5.15. The second kappa shape index (κ2) is 5.40. The lowest BCUT2D eigenvalue weighted by Crippen LogP contribution is -2.43. The molecule has 1 N–H and O–H groups in total. The first-order chi connectivity index (χ1) is 10.2. The van der Waals surface area contributed by atoms with Gasteiger partial charge in [0.1, 0.15) is 17.0 Å². The largest absolute Gasteiger partial charge is 0.360 e. The number of carbonyl (C=O) groups excluding carboxylic acids is 2. The fraction of sp³-hybridized carbons (Fsp3) is 0.267. The van der Waals surface area contributed by atoms with Crippen molar-refractivity contribution >= 4 is 11.8 Å². The second-order valence-corrected chi connectivity index (χ2v) is 4.92. The Morgan fingerprint density at radius 3 is 2.76 bits per heavy atom. The average Bonchev–Trinajstić information content (AvgIpc) is 3.06. The topological polar surface area (TPSA) is 75.4 Å². The van der Waals surface area contributed by atoms with Crippen molar-refractivity contribution in [2.45, 2.75) is 19.8 Å². The minimum atomic E-state index is -0.372. The number of nitrogens with one attached hydrogen (secondary N) is 1. The highest BCUT2D eigenvalue weighted by Crippen LogP contribution is 2.25. The highest BCUT2D eigenvalue weighted by Gasteiger charge is 2.26. The Hall–Kier alpha value is -2.63. The molecule has 21 heavy (non-hydrogen) atoms. The van der Waals surface area contributed by atoms with Crippen molar-refractivity contribution in [3.05, 3.63) is 41.7 Å². The van der Waals surface area contributed by atoms with Gasteiger partial charge in [-0.3, -0.25) is 20.0 Å². The van der Waals surface area contributed by atoms with E-state index < -0.39 is 0 Å². The molecule has 6 heteroatoms. The van der Waals surface area contributed by atoms with E-state index >= 15 is 0 Å². The van der Waals surface area contributed by atoms with Crippen LogP contribution < -0.4 is 5.43 Å². The summed E-state index contributed by atoms with van der Waals surface area (Å²) in [5.74, 6) is -0.0143. The monoisotopic (exact) mass is 285 g/mol. The molecule has 1 saturated heterocycles. The Bertz CT molecular complexity index is 679. The number of hydrogen-bond donors (Lipinski definition) is 1. The predicted molar refractivity (Wildman–Crippen MR) is 75.1 cm³/mol. The van der Waals surface area contributed by atoms with Crippen molar-refractivity contribution < 1.29 is 14.1 Å². The van der Waals surface area contributed by atoms with E-state index in [1.165, 1.54) is 5.01 Å². The first-order valence-electron chi connectivity index (χ1n) is 6.80. The van der Waals surface area contributed by atoms with Crippen molar-refractivity contribution in [1.29, 1.82) is 0 Å². The van der Waals surface area contributed by atoms with Gasteiger partial charge >= 0.3 is 0 Å². The molecule has 1 aromatic carbocycles. The highest BCUT2D eigenvalue weighted by atomic mass is 16.5. The number of aromatic nitrogens is 1. The summed E-state index contributed by atoms with van der Waals surface area (Å²) in [6, 6.07) is 9.33. The summed E-state index contributed by atoms with van der Waals surface area (Å²) in [5.41, 5.74) is 4.27. The zero-order valence-electron chi connectivity index (χ0n) is 11.6.